The molecule has 0 radical (unpaired) electrons. The maximum Gasteiger partial charge on any atom is 0.264 e. The minimum Gasteiger partial charge on any atom is -0.496 e. The standard InChI is InChI=1S/C25H25N3O5S/c1-27(2)25(30)18-8-10-19(11-9-18)26-24(29)21-16-20(12-13-23(21)33-3)34(31,32)28-15-14-17-6-4-5-7-22(17)28/h4-13,16H,14-15H2,1-3H3,(H,26,29). The lowest BCUT2D eigenvalue weighted by Gasteiger charge is -2.20. The number of hydrogen-bond donors (Lipinski definition) is 1. The Morgan fingerprint density at radius 2 is 1.71 bits per heavy atom. The number of hydrogen-bond acceptors (Lipinski definition) is 5. The van der Waals surface area contributed by atoms with E-state index in [4.69, 9.17) is 4.74 Å². The number of nitrogens with zero attached hydrogens (tertiary/aromatic N) is 2. The number of nitrogens with one attached hydrogen (secondary N) is 1. The van der Waals surface area contributed by atoms with Crippen LogP contribution in [0.5, 0.6) is 5.75 Å². The van der Waals surface area contributed by atoms with Crippen molar-refractivity contribution in [3.05, 3.63) is 83.4 Å². The molecule has 1 aliphatic rings. The van der Waals surface area contributed by atoms with Gasteiger partial charge in [-0.05, 0) is 60.5 Å². The number of amides is 2. The van der Waals surface area contributed by atoms with E-state index in [1.165, 1.54) is 34.5 Å². The van der Waals surface area contributed by atoms with E-state index in [9.17, 15) is 18.0 Å². The summed E-state index contributed by atoms with van der Waals surface area (Å²) in [5, 5.41) is 2.74. The summed E-state index contributed by atoms with van der Waals surface area (Å²) >= 11 is 0. The minimum absolute atomic E-state index is 0.00193. The van der Waals surface area contributed by atoms with Gasteiger partial charge in [0.2, 0.25) is 0 Å². The van der Waals surface area contributed by atoms with Crippen molar-refractivity contribution >= 4 is 33.2 Å². The van der Waals surface area contributed by atoms with E-state index < -0.39 is 15.9 Å². The zero-order valence-corrected chi connectivity index (χ0v) is 19.9. The lowest BCUT2D eigenvalue weighted by molar-refractivity contribution is 0.0827. The third kappa shape index (κ3) is 4.34. The number of methoxy groups -OCH3 is 1. The largest absolute Gasteiger partial charge is 0.496 e. The molecule has 0 saturated heterocycles. The predicted molar refractivity (Wildman–Crippen MR) is 130 cm³/mol. The Hall–Kier alpha value is -3.85. The molecule has 3 aromatic carbocycles. The SMILES string of the molecule is COc1ccc(S(=O)(=O)N2CCc3ccccc32)cc1C(=O)Nc1ccc(C(=O)N(C)C)cc1. The van der Waals surface area contributed by atoms with Crippen molar-refractivity contribution in [1.82, 2.24) is 4.90 Å². The van der Waals surface area contributed by atoms with E-state index in [1.807, 2.05) is 12.1 Å². The first kappa shape index (κ1) is 23.3. The molecule has 0 aliphatic carbocycles. The molecule has 1 N–H and O–H groups in total. The Labute approximate surface area is 198 Å². The molecule has 0 saturated carbocycles. The van der Waals surface area contributed by atoms with Crippen LogP contribution in [-0.2, 0) is 16.4 Å². The summed E-state index contributed by atoms with van der Waals surface area (Å²) in [6.45, 7) is 0.341. The molecule has 3 aromatic rings. The van der Waals surface area contributed by atoms with Crippen molar-refractivity contribution < 1.29 is 22.7 Å². The summed E-state index contributed by atoms with van der Waals surface area (Å²) in [5.41, 5.74) is 2.65. The highest BCUT2D eigenvalue weighted by atomic mass is 32.2. The Bertz CT molecular complexity index is 1350. The van der Waals surface area contributed by atoms with Gasteiger partial charge < -0.3 is 15.0 Å². The van der Waals surface area contributed by atoms with Crippen LogP contribution in [0.15, 0.2) is 71.6 Å². The molecular formula is C25H25N3O5S. The Morgan fingerprint density at radius 1 is 1.00 bits per heavy atom. The maximum atomic E-state index is 13.4. The van der Waals surface area contributed by atoms with Crippen LogP contribution in [0.1, 0.15) is 26.3 Å². The van der Waals surface area contributed by atoms with Gasteiger partial charge in [-0.25, -0.2) is 8.42 Å². The van der Waals surface area contributed by atoms with Crippen molar-refractivity contribution in [3.63, 3.8) is 0 Å². The second kappa shape index (κ2) is 9.18. The molecule has 8 nitrogen and oxygen atoms in total. The van der Waals surface area contributed by atoms with Crippen molar-refractivity contribution in [2.45, 2.75) is 11.3 Å². The maximum absolute atomic E-state index is 13.4. The van der Waals surface area contributed by atoms with Gasteiger partial charge in [0.25, 0.3) is 21.8 Å². The van der Waals surface area contributed by atoms with E-state index in [1.54, 1.807) is 50.5 Å². The average Bonchev–Trinajstić information content (AvgIpc) is 3.28. The van der Waals surface area contributed by atoms with Gasteiger partial charge in [0.1, 0.15) is 5.75 Å². The zero-order valence-electron chi connectivity index (χ0n) is 19.1. The zero-order chi connectivity index (χ0) is 24.5. The molecule has 4 rings (SSSR count). The highest BCUT2D eigenvalue weighted by molar-refractivity contribution is 7.92. The lowest BCUT2D eigenvalue weighted by Crippen LogP contribution is -2.29. The summed E-state index contributed by atoms with van der Waals surface area (Å²) in [7, 11) is 0.859. The van der Waals surface area contributed by atoms with Gasteiger partial charge in [-0.15, -0.1) is 0 Å². The molecule has 9 heteroatoms. The highest BCUT2D eigenvalue weighted by Crippen LogP contribution is 2.34. The van der Waals surface area contributed by atoms with Gasteiger partial charge in [0.05, 0.1) is 23.3 Å². The first-order valence-electron chi connectivity index (χ1n) is 10.6. The van der Waals surface area contributed by atoms with E-state index >= 15 is 0 Å². The smallest absolute Gasteiger partial charge is 0.264 e. The molecule has 0 atom stereocenters. The molecule has 1 heterocycles. The fourth-order valence-electron chi connectivity index (χ4n) is 3.86. The van der Waals surface area contributed by atoms with Crippen LogP contribution < -0.4 is 14.4 Å². The number of ether oxygens (including phenoxy) is 1. The number of benzene rings is 3. The summed E-state index contributed by atoms with van der Waals surface area (Å²) in [5.74, 6) is -0.430. The first-order valence-corrected chi connectivity index (χ1v) is 12.1. The van der Waals surface area contributed by atoms with Gasteiger partial charge in [-0.3, -0.25) is 13.9 Å². The summed E-state index contributed by atoms with van der Waals surface area (Å²) < 4.78 is 33.5. The molecule has 0 fully saturated rings. The molecule has 0 spiro atoms. The summed E-state index contributed by atoms with van der Waals surface area (Å²) in [6, 6.07) is 18.1. The van der Waals surface area contributed by atoms with Crippen LogP contribution in [0.4, 0.5) is 11.4 Å². The van der Waals surface area contributed by atoms with Crippen molar-refractivity contribution in [2.75, 3.05) is 37.4 Å². The third-order valence-corrected chi connectivity index (χ3v) is 7.45. The molecule has 34 heavy (non-hydrogen) atoms. The normalized spacial score (nSPS) is 12.7. The number of sulfonamides is 1. The van der Waals surface area contributed by atoms with Crippen molar-refractivity contribution in [1.29, 1.82) is 0 Å². The van der Waals surface area contributed by atoms with Gasteiger partial charge in [0, 0.05) is 31.9 Å². The van der Waals surface area contributed by atoms with E-state index in [0.29, 0.717) is 29.9 Å². The van der Waals surface area contributed by atoms with Crippen molar-refractivity contribution in [3.8, 4) is 5.75 Å². The quantitative estimate of drug-likeness (QED) is 0.585. The summed E-state index contributed by atoms with van der Waals surface area (Å²) in [6.07, 6.45) is 0.630. The third-order valence-electron chi connectivity index (χ3n) is 5.64. The van der Waals surface area contributed by atoms with E-state index in [2.05, 4.69) is 5.32 Å². The molecule has 0 aromatic heterocycles. The molecular weight excluding hydrogens is 454 g/mol. The van der Waals surface area contributed by atoms with Gasteiger partial charge in [-0.2, -0.15) is 0 Å². The second-order valence-corrected chi connectivity index (χ2v) is 9.91. The lowest BCUT2D eigenvalue weighted by atomic mass is 10.1. The molecule has 0 bridgehead atoms. The summed E-state index contributed by atoms with van der Waals surface area (Å²) in [4.78, 5) is 26.6. The van der Waals surface area contributed by atoms with E-state index in [-0.39, 0.29) is 22.1 Å². The molecule has 0 unspecified atom stereocenters. The number of anilines is 2. The van der Waals surface area contributed by atoms with Gasteiger partial charge >= 0.3 is 0 Å². The number of fused-ring (bicyclic) bond motifs is 1. The van der Waals surface area contributed by atoms with Crippen LogP contribution >= 0.6 is 0 Å². The number of carbonyl (C=O) groups excluding carboxylic acids is 2. The minimum atomic E-state index is -3.87. The second-order valence-electron chi connectivity index (χ2n) is 8.05. The first-order chi connectivity index (χ1) is 16.2. The van der Waals surface area contributed by atoms with Gasteiger partial charge in [-0.1, -0.05) is 18.2 Å². The number of rotatable bonds is 6. The van der Waals surface area contributed by atoms with Crippen LogP contribution in [0, 0.1) is 0 Å². The number of para-hydroxylation sites is 1. The van der Waals surface area contributed by atoms with Crippen LogP contribution in [0.25, 0.3) is 0 Å². The predicted octanol–water partition coefficient (Wildman–Crippen LogP) is 3.40. The Balaban J connectivity index is 1.62. The molecule has 2 amide bonds. The Morgan fingerprint density at radius 3 is 2.38 bits per heavy atom. The topological polar surface area (TPSA) is 96.0 Å². The highest BCUT2D eigenvalue weighted by Gasteiger charge is 2.31. The monoisotopic (exact) mass is 479 g/mol. The van der Waals surface area contributed by atoms with Crippen LogP contribution in [0.2, 0.25) is 0 Å². The van der Waals surface area contributed by atoms with E-state index in [0.717, 1.165) is 5.56 Å². The Kier molecular flexibility index (Phi) is 6.30. The van der Waals surface area contributed by atoms with Gasteiger partial charge in [0.15, 0.2) is 0 Å². The fourth-order valence-corrected chi connectivity index (χ4v) is 5.39. The molecule has 176 valence electrons. The number of carbonyl (C=O) groups is 2. The van der Waals surface area contributed by atoms with Crippen LogP contribution in [0.3, 0.4) is 0 Å². The van der Waals surface area contributed by atoms with Crippen LogP contribution in [-0.4, -0.2) is 52.9 Å². The fraction of sp³-hybridized carbons (Fsp3) is 0.200. The molecule has 1 aliphatic heterocycles. The van der Waals surface area contributed by atoms with Crippen molar-refractivity contribution in [2.24, 2.45) is 0 Å². The average molecular weight is 480 g/mol.